The maximum Gasteiger partial charge on any atom is 0.331 e. The molecule has 0 bridgehead atoms. The lowest BCUT2D eigenvalue weighted by Crippen LogP contribution is -1.95. The average Bonchev–Trinajstić information content (AvgIpc) is 2.10. The van der Waals surface area contributed by atoms with Crippen molar-refractivity contribution < 1.29 is 14.3 Å². The summed E-state index contributed by atoms with van der Waals surface area (Å²) >= 11 is 0. The minimum atomic E-state index is -0.967. The van der Waals surface area contributed by atoms with Gasteiger partial charge >= 0.3 is 5.97 Å². The number of halogens is 1. The normalized spacial score (nSPS) is 12.9. The molecule has 0 aliphatic heterocycles. The highest BCUT2D eigenvalue weighted by Gasteiger charge is 1.95. The Hall–Kier alpha value is -1.45. The van der Waals surface area contributed by atoms with Gasteiger partial charge in [-0.25, -0.2) is 9.18 Å². The number of carboxylic acids is 1. The SMILES string of the molecule is C/C(=C\C=NCC=CCF)C(=O)O. The van der Waals surface area contributed by atoms with Crippen LogP contribution >= 0.6 is 0 Å². The van der Waals surface area contributed by atoms with Crippen LogP contribution in [0.5, 0.6) is 0 Å². The Morgan fingerprint density at radius 3 is 2.77 bits per heavy atom. The number of hydrogen-bond acceptors (Lipinski definition) is 2. The molecule has 13 heavy (non-hydrogen) atoms. The quantitative estimate of drug-likeness (QED) is 0.402. The molecule has 0 saturated carbocycles. The Morgan fingerprint density at radius 2 is 2.23 bits per heavy atom. The molecule has 4 heteroatoms. The van der Waals surface area contributed by atoms with Crippen LogP contribution in [0.4, 0.5) is 4.39 Å². The fourth-order valence-corrected chi connectivity index (χ4v) is 0.495. The van der Waals surface area contributed by atoms with E-state index in [1.807, 2.05) is 0 Å². The van der Waals surface area contributed by atoms with Gasteiger partial charge in [-0.1, -0.05) is 12.2 Å². The highest BCUT2D eigenvalue weighted by atomic mass is 19.1. The van der Waals surface area contributed by atoms with Gasteiger partial charge in [-0.3, -0.25) is 4.99 Å². The van der Waals surface area contributed by atoms with Crippen LogP contribution in [0.15, 0.2) is 28.8 Å². The van der Waals surface area contributed by atoms with E-state index in [9.17, 15) is 9.18 Å². The van der Waals surface area contributed by atoms with Gasteiger partial charge in [0.25, 0.3) is 0 Å². The zero-order valence-corrected chi connectivity index (χ0v) is 7.40. The molecule has 0 amide bonds. The highest BCUT2D eigenvalue weighted by molar-refractivity contribution is 5.91. The Morgan fingerprint density at radius 1 is 1.54 bits per heavy atom. The van der Waals surface area contributed by atoms with E-state index in [1.165, 1.54) is 25.3 Å². The molecule has 0 aliphatic carbocycles. The number of carboxylic acid groups (broad SMARTS) is 1. The van der Waals surface area contributed by atoms with Gasteiger partial charge in [0, 0.05) is 11.8 Å². The van der Waals surface area contributed by atoms with Gasteiger partial charge in [0.2, 0.25) is 0 Å². The molecule has 72 valence electrons. The first-order valence-electron chi connectivity index (χ1n) is 3.79. The first-order valence-corrected chi connectivity index (χ1v) is 3.79. The molecule has 1 N–H and O–H groups in total. The fraction of sp³-hybridized carbons (Fsp3) is 0.333. The largest absolute Gasteiger partial charge is 0.478 e. The molecule has 0 rings (SSSR count). The zero-order chi connectivity index (χ0) is 10.1. The van der Waals surface area contributed by atoms with Crippen LogP contribution < -0.4 is 0 Å². The molecular formula is C9H12FNO2. The van der Waals surface area contributed by atoms with E-state index in [1.54, 1.807) is 6.08 Å². The van der Waals surface area contributed by atoms with Crippen LogP contribution in [0.3, 0.4) is 0 Å². The highest BCUT2D eigenvalue weighted by Crippen LogP contribution is 1.88. The summed E-state index contributed by atoms with van der Waals surface area (Å²) in [5.41, 5.74) is 0.221. The van der Waals surface area contributed by atoms with Gasteiger partial charge in [0.1, 0.15) is 6.67 Å². The van der Waals surface area contributed by atoms with Crippen molar-refractivity contribution in [2.75, 3.05) is 13.2 Å². The van der Waals surface area contributed by atoms with Crippen LogP contribution in [0.25, 0.3) is 0 Å². The van der Waals surface area contributed by atoms with E-state index < -0.39 is 12.6 Å². The van der Waals surface area contributed by atoms with Crippen molar-refractivity contribution in [3.8, 4) is 0 Å². The maximum atomic E-state index is 11.5. The third-order valence-electron chi connectivity index (χ3n) is 1.23. The van der Waals surface area contributed by atoms with Crippen molar-refractivity contribution in [2.45, 2.75) is 6.92 Å². The molecule has 0 radical (unpaired) electrons. The smallest absolute Gasteiger partial charge is 0.331 e. The van der Waals surface area contributed by atoms with Crippen molar-refractivity contribution in [3.05, 3.63) is 23.8 Å². The second-order valence-electron chi connectivity index (χ2n) is 2.29. The minimum absolute atomic E-state index is 0.221. The molecule has 0 saturated heterocycles. The lowest BCUT2D eigenvalue weighted by atomic mass is 10.3. The maximum absolute atomic E-state index is 11.5. The molecule has 0 aromatic rings. The van der Waals surface area contributed by atoms with E-state index in [4.69, 9.17) is 5.11 Å². The molecule has 0 aromatic carbocycles. The molecular weight excluding hydrogens is 173 g/mol. The van der Waals surface area contributed by atoms with Crippen LogP contribution in [0.1, 0.15) is 6.92 Å². The summed E-state index contributed by atoms with van der Waals surface area (Å²) in [6.07, 6.45) is 5.71. The van der Waals surface area contributed by atoms with E-state index in [0.717, 1.165) is 0 Å². The predicted molar refractivity (Wildman–Crippen MR) is 49.9 cm³/mol. The second kappa shape index (κ2) is 7.21. The predicted octanol–water partition coefficient (Wildman–Crippen LogP) is 1.61. The van der Waals surface area contributed by atoms with Crippen LogP contribution in [-0.2, 0) is 4.79 Å². The Labute approximate surface area is 76.3 Å². The lowest BCUT2D eigenvalue weighted by molar-refractivity contribution is -0.132. The first kappa shape index (κ1) is 11.6. The number of rotatable bonds is 5. The first-order chi connectivity index (χ1) is 6.18. The number of allylic oxidation sites excluding steroid dienone is 2. The van der Waals surface area contributed by atoms with E-state index in [2.05, 4.69) is 4.99 Å². The summed E-state index contributed by atoms with van der Waals surface area (Å²) < 4.78 is 11.5. The fourth-order valence-electron chi connectivity index (χ4n) is 0.495. The number of aliphatic carboxylic acids is 1. The third-order valence-corrected chi connectivity index (χ3v) is 1.23. The molecule has 0 atom stereocenters. The zero-order valence-electron chi connectivity index (χ0n) is 7.40. The van der Waals surface area contributed by atoms with Gasteiger partial charge < -0.3 is 5.11 Å². The summed E-state index contributed by atoms with van der Waals surface area (Å²) in [6, 6.07) is 0. The monoisotopic (exact) mass is 185 g/mol. The molecule has 0 spiro atoms. The van der Waals surface area contributed by atoms with Crippen molar-refractivity contribution in [3.63, 3.8) is 0 Å². The topological polar surface area (TPSA) is 49.7 Å². The Kier molecular flexibility index (Phi) is 6.41. The summed E-state index contributed by atoms with van der Waals surface area (Å²) in [4.78, 5) is 14.1. The van der Waals surface area contributed by atoms with Crippen LogP contribution in [0.2, 0.25) is 0 Å². The van der Waals surface area contributed by atoms with Gasteiger partial charge in [-0.05, 0) is 13.0 Å². The Balaban J connectivity index is 3.80. The number of nitrogens with zero attached hydrogens (tertiary/aromatic N) is 1. The Bertz CT molecular complexity index is 244. The van der Waals surface area contributed by atoms with Crippen LogP contribution in [0, 0.1) is 0 Å². The summed E-state index contributed by atoms with van der Waals surface area (Å²) in [5.74, 6) is -0.967. The van der Waals surface area contributed by atoms with Crippen LogP contribution in [-0.4, -0.2) is 30.5 Å². The number of aliphatic imine (C=N–C) groups is 1. The molecule has 0 unspecified atom stereocenters. The summed E-state index contributed by atoms with van der Waals surface area (Å²) in [6.45, 7) is 1.35. The van der Waals surface area contributed by atoms with Crippen molar-refractivity contribution in [2.24, 2.45) is 4.99 Å². The van der Waals surface area contributed by atoms with Gasteiger partial charge in [-0.15, -0.1) is 0 Å². The second-order valence-corrected chi connectivity index (χ2v) is 2.29. The van der Waals surface area contributed by atoms with E-state index >= 15 is 0 Å². The van der Waals surface area contributed by atoms with E-state index in [-0.39, 0.29) is 5.57 Å². The summed E-state index contributed by atoms with van der Waals surface area (Å²) in [5, 5.41) is 8.43. The van der Waals surface area contributed by atoms with Crippen molar-refractivity contribution in [1.29, 1.82) is 0 Å². The van der Waals surface area contributed by atoms with Gasteiger partial charge in [0.05, 0.1) is 6.54 Å². The van der Waals surface area contributed by atoms with Crippen molar-refractivity contribution in [1.82, 2.24) is 0 Å². The number of carbonyl (C=O) groups is 1. The molecule has 0 heterocycles. The standard InChI is InChI=1S/C9H12FNO2/c1-8(9(12)13)4-7-11-6-3-2-5-10/h2-4,7H,5-6H2,1H3,(H,12,13)/b3-2?,8-4+,11-7?. The van der Waals surface area contributed by atoms with Gasteiger partial charge in [0.15, 0.2) is 0 Å². The van der Waals surface area contributed by atoms with Crippen molar-refractivity contribution >= 4 is 12.2 Å². The molecule has 0 aliphatic rings. The lowest BCUT2D eigenvalue weighted by Gasteiger charge is -1.87. The minimum Gasteiger partial charge on any atom is -0.478 e. The van der Waals surface area contributed by atoms with Gasteiger partial charge in [-0.2, -0.15) is 0 Å². The summed E-state index contributed by atoms with van der Waals surface area (Å²) in [7, 11) is 0. The number of alkyl halides is 1. The number of hydrogen-bond donors (Lipinski definition) is 1. The van der Waals surface area contributed by atoms with E-state index in [0.29, 0.717) is 6.54 Å². The molecule has 0 fully saturated rings. The third kappa shape index (κ3) is 6.93. The molecule has 3 nitrogen and oxygen atoms in total. The average molecular weight is 185 g/mol. The molecule has 0 aromatic heterocycles.